The predicted molar refractivity (Wildman–Crippen MR) is 123 cm³/mol. The van der Waals surface area contributed by atoms with Crippen LogP contribution in [0.25, 0.3) is 22.2 Å². The number of ketones is 1. The van der Waals surface area contributed by atoms with Gasteiger partial charge in [0.05, 0.1) is 11.3 Å². The van der Waals surface area contributed by atoms with E-state index in [1.54, 1.807) is 24.7 Å². The van der Waals surface area contributed by atoms with Crippen LogP contribution < -0.4 is 4.72 Å². The number of carbonyl (C=O) groups excluding carboxylic acids is 1. The van der Waals surface area contributed by atoms with Crippen LogP contribution in [0.5, 0.6) is 0 Å². The first kappa shape index (κ1) is 21.2. The lowest BCUT2D eigenvalue weighted by Crippen LogP contribution is -2.33. The largest absolute Gasteiger partial charge is 0.345 e. The molecule has 0 amide bonds. The molecule has 1 fully saturated rings. The van der Waals surface area contributed by atoms with Crippen molar-refractivity contribution in [3.8, 4) is 11.1 Å². The third-order valence-corrected chi connectivity index (χ3v) is 7.20. The third kappa shape index (κ3) is 3.98. The number of aromatic nitrogens is 3. The lowest BCUT2D eigenvalue weighted by Gasteiger charge is -2.17. The van der Waals surface area contributed by atoms with Crippen LogP contribution in [0.15, 0.2) is 61.2 Å². The van der Waals surface area contributed by atoms with Crippen molar-refractivity contribution in [3.63, 3.8) is 0 Å². The van der Waals surface area contributed by atoms with Crippen molar-refractivity contribution in [1.82, 2.24) is 19.3 Å². The predicted octanol–water partition coefficient (Wildman–Crippen LogP) is 3.75. The molecule has 0 aliphatic carbocycles. The standard InChI is InChI=1S/C23H20FN5O3S/c24-21-17(4-3-5-20(21)28-33(31,32)29-10-1-2-11-29)22(30)19-14-27-23-18(19)12-16(13-26-23)15-6-8-25-9-7-15/h3-9,12-14,28H,1-2,10-11H2,(H,26,27). The zero-order chi connectivity index (χ0) is 23.0. The molecule has 1 saturated heterocycles. The molecular formula is C23H20FN5O3S. The Labute approximate surface area is 189 Å². The van der Waals surface area contributed by atoms with Crippen LogP contribution in [-0.4, -0.2) is 46.5 Å². The van der Waals surface area contributed by atoms with E-state index in [1.807, 2.05) is 12.1 Å². The number of nitrogens with one attached hydrogen (secondary N) is 2. The van der Waals surface area contributed by atoms with E-state index in [1.165, 1.54) is 28.7 Å². The van der Waals surface area contributed by atoms with Gasteiger partial charge in [0.1, 0.15) is 5.65 Å². The quantitative estimate of drug-likeness (QED) is 0.422. The maximum atomic E-state index is 15.3. The topological polar surface area (TPSA) is 108 Å². The van der Waals surface area contributed by atoms with Gasteiger partial charge in [0.2, 0.25) is 0 Å². The molecule has 0 bridgehead atoms. The minimum absolute atomic E-state index is 0.230. The lowest BCUT2D eigenvalue weighted by molar-refractivity contribution is 0.103. The summed E-state index contributed by atoms with van der Waals surface area (Å²) >= 11 is 0. The van der Waals surface area contributed by atoms with Gasteiger partial charge in [-0.25, -0.2) is 9.37 Å². The normalized spacial score (nSPS) is 14.6. The molecule has 0 saturated carbocycles. The summed E-state index contributed by atoms with van der Waals surface area (Å²) in [6.45, 7) is 0.773. The molecular weight excluding hydrogens is 445 g/mol. The Morgan fingerprint density at radius 3 is 2.58 bits per heavy atom. The van der Waals surface area contributed by atoms with Crippen LogP contribution in [-0.2, 0) is 10.2 Å². The number of hydrogen-bond acceptors (Lipinski definition) is 5. The van der Waals surface area contributed by atoms with E-state index in [0.717, 1.165) is 24.0 Å². The Hall–Kier alpha value is -3.63. The minimum Gasteiger partial charge on any atom is -0.345 e. The molecule has 3 aromatic heterocycles. The van der Waals surface area contributed by atoms with E-state index in [0.29, 0.717) is 24.1 Å². The minimum atomic E-state index is -3.89. The van der Waals surface area contributed by atoms with Gasteiger partial charge in [-0.2, -0.15) is 12.7 Å². The van der Waals surface area contributed by atoms with Crippen LogP contribution in [0.2, 0.25) is 0 Å². The Morgan fingerprint density at radius 2 is 1.82 bits per heavy atom. The summed E-state index contributed by atoms with van der Waals surface area (Å²) in [6.07, 6.45) is 8.00. The van der Waals surface area contributed by atoms with Crippen LogP contribution in [0.3, 0.4) is 0 Å². The third-order valence-electron chi connectivity index (χ3n) is 5.68. The van der Waals surface area contributed by atoms with Gasteiger partial charge in [0.15, 0.2) is 11.6 Å². The zero-order valence-corrected chi connectivity index (χ0v) is 18.3. The van der Waals surface area contributed by atoms with E-state index in [2.05, 4.69) is 19.7 Å². The average molecular weight is 466 g/mol. The Balaban J connectivity index is 1.50. The number of anilines is 1. The highest BCUT2D eigenvalue weighted by Gasteiger charge is 2.27. The van der Waals surface area contributed by atoms with Gasteiger partial charge in [-0.3, -0.25) is 14.5 Å². The second-order valence-corrected chi connectivity index (χ2v) is 9.44. The molecule has 0 atom stereocenters. The van der Waals surface area contributed by atoms with E-state index in [9.17, 15) is 13.2 Å². The molecule has 0 unspecified atom stereocenters. The summed E-state index contributed by atoms with van der Waals surface area (Å²) in [5, 5.41) is 0.539. The van der Waals surface area contributed by atoms with Crippen LogP contribution >= 0.6 is 0 Å². The van der Waals surface area contributed by atoms with Crippen molar-refractivity contribution in [2.75, 3.05) is 17.8 Å². The number of H-pyrrole nitrogens is 1. The van der Waals surface area contributed by atoms with Gasteiger partial charge >= 0.3 is 10.2 Å². The molecule has 4 heterocycles. The monoisotopic (exact) mass is 465 g/mol. The number of carbonyl (C=O) groups is 1. The van der Waals surface area contributed by atoms with E-state index >= 15 is 4.39 Å². The molecule has 33 heavy (non-hydrogen) atoms. The van der Waals surface area contributed by atoms with Crippen molar-refractivity contribution < 1.29 is 17.6 Å². The maximum absolute atomic E-state index is 15.3. The van der Waals surface area contributed by atoms with Gasteiger partial charge in [0.25, 0.3) is 0 Å². The number of halogens is 1. The van der Waals surface area contributed by atoms with E-state index in [4.69, 9.17) is 0 Å². The molecule has 4 aromatic rings. The lowest BCUT2D eigenvalue weighted by atomic mass is 10.0. The highest BCUT2D eigenvalue weighted by molar-refractivity contribution is 7.90. The summed E-state index contributed by atoms with van der Waals surface area (Å²) in [7, 11) is -3.89. The number of nitrogens with zero attached hydrogens (tertiary/aromatic N) is 3. The molecule has 2 N–H and O–H groups in total. The van der Waals surface area contributed by atoms with E-state index < -0.39 is 21.8 Å². The van der Waals surface area contributed by atoms with Crippen molar-refractivity contribution in [1.29, 1.82) is 0 Å². The first-order valence-corrected chi connectivity index (χ1v) is 11.9. The second-order valence-electron chi connectivity index (χ2n) is 7.77. The molecule has 1 aliphatic rings. The number of hydrogen-bond donors (Lipinski definition) is 2. The first-order valence-electron chi connectivity index (χ1n) is 10.4. The smallest absolute Gasteiger partial charge is 0.301 e. The fourth-order valence-electron chi connectivity index (χ4n) is 3.96. The van der Waals surface area contributed by atoms with Gasteiger partial charge in [-0.05, 0) is 48.7 Å². The molecule has 0 radical (unpaired) electrons. The number of pyridine rings is 2. The van der Waals surface area contributed by atoms with Gasteiger partial charge in [-0.1, -0.05) is 6.07 Å². The van der Waals surface area contributed by atoms with Crippen LogP contribution in [0, 0.1) is 5.82 Å². The summed E-state index contributed by atoms with van der Waals surface area (Å²) in [4.78, 5) is 24.6. The van der Waals surface area contributed by atoms with E-state index in [-0.39, 0.29) is 16.8 Å². The molecule has 0 spiro atoms. The van der Waals surface area contributed by atoms with Crippen LogP contribution in [0.4, 0.5) is 10.1 Å². The number of rotatable bonds is 6. The summed E-state index contributed by atoms with van der Waals surface area (Å²) in [5.74, 6) is -1.49. The molecule has 10 heteroatoms. The fourth-order valence-corrected chi connectivity index (χ4v) is 5.26. The Kier molecular flexibility index (Phi) is 5.39. The second kappa shape index (κ2) is 8.38. The SMILES string of the molecule is O=C(c1cccc(NS(=O)(=O)N2CCCC2)c1F)c1c[nH]c2ncc(-c3ccncc3)cc12. The Morgan fingerprint density at radius 1 is 1.06 bits per heavy atom. The highest BCUT2D eigenvalue weighted by Crippen LogP contribution is 2.28. The van der Waals surface area contributed by atoms with Gasteiger partial charge in [0, 0.05) is 54.4 Å². The summed E-state index contributed by atoms with van der Waals surface area (Å²) in [5.41, 5.74) is 1.90. The number of benzene rings is 1. The number of aromatic amines is 1. The molecule has 168 valence electrons. The summed E-state index contributed by atoms with van der Waals surface area (Å²) < 4.78 is 43.9. The highest BCUT2D eigenvalue weighted by atomic mass is 32.2. The first-order chi connectivity index (χ1) is 15.9. The fraction of sp³-hybridized carbons (Fsp3) is 0.174. The zero-order valence-electron chi connectivity index (χ0n) is 17.5. The molecule has 1 aromatic carbocycles. The van der Waals surface area contributed by atoms with Crippen molar-refractivity contribution in [3.05, 3.63) is 78.1 Å². The van der Waals surface area contributed by atoms with Crippen molar-refractivity contribution in [2.45, 2.75) is 12.8 Å². The maximum Gasteiger partial charge on any atom is 0.301 e. The van der Waals surface area contributed by atoms with Crippen molar-refractivity contribution in [2.24, 2.45) is 0 Å². The molecule has 1 aliphatic heterocycles. The van der Waals surface area contributed by atoms with Crippen LogP contribution in [0.1, 0.15) is 28.8 Å². The number of fused-ring (bicyclic) bond motifs is 1. The van der Waals surface area contributed by atoms with Gasteiger partial charge in [-0.15, -0.1) is 0 Å². The summed E-state index contributed by atoms with van der Waals surface area (Å²) in [6, 6.07) is 9.55. The van der Waals surface area contributed by atoms with Gasteiger partial charge < -0.3 is 4.98 Å². The average Bonchev–Trinajstić information content (AvgIpc) is 3.51. The molecule has 8 nitrogen and oxygen atoms in total. The van der Waals surface area contributed by atoms with Crippen molar-refractivity contribution >= 4 is 32.7 Å². The Bertz CT molecular complexity index is 1450. The molecule has 5 rings (SSSR count).